The zero-order valence-electron chi connectivity index (χ0n) is 13.3. The Balaban J connectivity index is 1.73. The molecule has 3 aromatic rings. The van der Waals surface area contributed by atoms with Crippen molar-refractivity contribution in [1.29, 1.82) is 0 Å². The molecule has 0 saturated carbocycles. The Morgan fingerprint density at radius 1 is 1.42 bits per heavy atom. The number of carbonyl (C=O) groups is 1. The summed E-state index contributed by atoms with van der Waals surface area (Å²) in [6.07, 6.45) is 6.85. The average Bonchev–Trinajstić information content (AvgIpc) is 3.10. The molecule has 0 radical (unpaired) electrons. The van der Waals surface area contributed by atoms with Gasteiger partial charge in [0, 0.05) is 60.3 Å². The molecule has 2 N–H and O–H groups in total. The predicted octanol–water partition coefficient (Wildman–Crippen LogP) is 1.96. The van der Waals surface area contributed by atoms with Gasteiger partial charge in [-0.05, 0) is 18.9 Å². The molecule has 8 nitrogen and oxygen atoms in total. The third-order valence-corrected chi connectivity index (χ3v) is 4.43. The molecule has 8 heteroatoms. The molecule has 1 unspecified atom stereocenters. The number of hydrogen-bond donors (Lipinski definition) is 2. The van der Waals surface area contributed by atoms with Crippen molar-refractivity contribution < 1.29 is 9.63 Å². The Labute approximate surface area is 138 Å². The van der Waals surface area contributed by atoms with Gasteiger partial charge in [0.2, 0.25) is 0 Å². The lowest BCUT2D eigenvalue weighted by atomic mass is 9.92. The highest BCUT2D eigenvalue weighted by atomic mass is 16.7. The van der Waals surface area contributed by atoms with Gasteiger partial charge >= 0.3 is 6.09 Å². The van der Waals surface area contributed by atoms with Crippen LogP contribution in [0.15, 0.2) is 24.7 Å². The summed E-state index contributed by atoms with van der Waals surface area (Å²) >= 11 is 0. The quantitative estimate of drug-likeness (QED) is 0.747. The number of amides is 1. The molecule has 1 amide bonds. The van der Waals surface area contributed by atoms with Gasteiger partial charge in [0.1, 0.15) is 0 Å². The lowest BCUT2D eigenvalue weighted by molar-refractivity contribution is -0.115. The van der Waals surface area contributed by atoms with E-state index in [0.29, 0.717) is 6.54 Å². The molecule has 124 valence electrons. The summed E-state index contributed by atoms with van der Waals surface area (Å²) in [5, 5.41) is 14.7. The van der Waals surface area contributed by atoms with E-state index >= 15 is 0 Å². The summed E-state index contributed by atoms with van der Waals surface area (Å²) < 4.78 is 0. The predicted molar refractivity (Wildman–Crippen MR) is 88.3 cm³/mol. The topological polar surface area (TPSA) is 96.0 Å². The highest BCUT2D eigenvalue weighted by Gasteiger charge is 2.26. The van der Waals surface area contributed by atoms with Gasteiger partial charge in [-0.25, -0.2) is 14.8 Å². The fourth-order valence-electron chi connectivity index (χ4n) is 3.32. The number of fused-ring (bicyclic) bond motifs is 3. The Morgan fingerprint density at radius 2 is 2.33 bits per heavy atom. The van der Waals surface area contributed by atoms with E-state index in [-0.39, 0.29) is 5.92 Å². The highest BCUT2D eigenvalue weighted by Crippen LogP contribution is 2.33. The molecular formula is C16H18N6O2. The molecule has 24 heavy (non-hydrogen) atoms. The molecule has 1 fully saturated rings. The Bertz CT molecular complexity index is 893. The SMILES string of the molecule is CNC(=O)ON1CCCC(c2[nH]ncc3cnc4nccc4c23)C1. The molecule has 0 aliphatic carbocycles. The molecule has 0 aromatic carbocycles. The van der Waals surface area contributed by atoms with Crippen LogP contribution in [0.3, 0.4) is 0 Å². The Hall–Kier alpha value is -2.74. The van der Waals surface area contributed by atoms with Crippen molar-refractivity contribution in [2.45, 2.75) is 18.8 Å². The second kappa shape index (κ2) is 6.04. The number of nitrogens with zero attached hydrogens (tertiary/aromatic N) is 4. The van der Waals surface area contributed by atoms with Crippen molar-refractivity contribution in [1.82, 2.24) is 30.5 Å². The summed E-state index contributed by atoms with van der Waals surface area (Å²) in [7, 11) is 1.55. The van der Waals surface area contributed by atoms with E-state index in [4.69, 9.17) is 4.84 Å². The smallest absolute Gasteiger partial charge is 0.351 e. The summed E-state index contributed by atoms with van der Waals surface area (Å²) in [5.41, 5.74) is 1.77. The molecule has 1 aliphatic rings. The third-order valence-electron chi connectivity index (χ3n) is 4.43. The minimum absolute atomic E-state index is 0.195. The van der Waals surface area contributed by atoms with Crippen LogP contribution in [0.2, 0.25) is 0 Å². The van der Waals surface area contributed by atoms with Gasteiger partial charge in [-0.2, -0.15) is 5.10 Å². The van der Waals surface area contributed by atoms with Crippen molar-refractivity contribution in [2.24, 2.45) is 0 Å². The van der Waals surface area contributed by atoms with Gasteiger partial charge in [0.05, 0.1) is 6.20 Å². The van der Waals surface area contributed by atoms with Crippen LogP contribution < -0.4 is 5.32 Å². The van der Waals surface area contributed by atoms with E-state index in [2.05, 4.69) is 25.5 Å². The number of carbonyl (C=O) groups excluding carboxylic acids is 1. The van der Waals surface area contributed by atoms with Crippen molar-refractivity contribution in [3.63, 3.8) is 0 Å². The number of pyridine rings is 1. The van der Waals surface area contributed by atoms with E-state index in [1.54, 1.807) is 30.7 Å². The molecule has 0 spiro atoms. The van der Waals surface area contributed by atoms with Gasteiger partial charge < -0.3 is 10.2 Å². The zero-order valence-corrected chi connectivity index (χ0v) is 13.3. The lowest BCUT2D eigenvalue weighted by Gasteiger charge is -2.31. The van der Waals surface area contributed by atoms with Crippen LogP contribution in [-0.4, -0.2) is 51.5 Å². The minimum atomic E-state index is -0.442. The van der Waals surface area contributed by atoms with Crippen molar-refractivity contribution in [2.75, 3.05) is 20.1 Å². The van der Waals surface area contributed by atoms with E-state index in [0.717, 1.165) is 46.9 Å². The van der Waals surface area contributed by atoms with Crippen molar-refractivity contribution >= 4 is 27.9 Å². The lowest BCUT2D eigenvalue weighted by Crippen LogP contribution is -2.38. The number of H-pyrrole nitrogens is 1. The van der Waals surface area contributed by atoms with E-state index in [9.17, 15) is 4.79 Å². The summed E-state index contributed by atoms with van der Waals surface area (Å²) in [4.78, 5) is 25.4. The minimum Gasteiger partial charge on any atom is -0.351 e. The maximum absolute atomic E-state index is 11.5. The van der Waals surface area contributed by atoms with Crippen LogP contribution in [0.1, 0.15) is 24.5 Å². The van der Waals surface area contributed by atoms with Crippen LogP contribution in [0.5, 0.6) is 0 Å². The zero-order chi connectivity index (χ0) is 16.5. The van der Waals surface area contributed by atoms with Crippen LogP contribution in [-0.2, 0) is 4.84 Å². The molecule has 0 bridgehead atoms. The van der Waals surface area contributed by atoms with Gasteiger partial charge in [0.15, 0.2) is 5.65 Å². The largest absolute Gasteiger partial charge is 0.426 e. The van der Waals surface area contributed by atoms with Gasteiger partial charge in [-0.15, -0.1) is 5.06 Å². The Morgan fingerprint density at radius 3 is 3.21 bits per heavy atom. The number of rotatable bonds is 2. The first kappa shape index (κ1) is 14.8. The molecule has 1 atom stereocenters. The van der Waals surface area contributed by atoms with Crippen molar-refractivity contribution in [3.05, 3.63) is 30.4 Å². The normalized spacial score (nSPS) is 18.8. The number of aromatic amines is 1. The molecular weight excluding hydrogens is 308 g/mol. The number of aromatic nitrogens is 4. The van der Waals surface area contributed by atoms with Crippen LogP contribution >= 0.6 is 0 Å². The average molecular weight is 326 g/mol. The number of piperidine rings is 1. The first-order valence-electron chi connectivity index (χ1n) is 7.97. The summed E-state index contributed by atoms with van der Waals surface area (Å²) in [6.45, 7) is 1.36. The van der Waals surface area contributed by atoms with Gasteiger partial charge in [-0.3, -0.25) is 5.10 Å². The monoisotopic (exact) mass is 326 g/mol. The summed E-state index contributed by atoms with van der Waals surface area (Å²) in [5.74, 6) is 0.195. The second-order valence-electron chi connectivity index (χ2n) is 5.91. The van der Waals surface area contributed by atoms with Crippen LogP contribution in [0.25, 0.3) is 21.8 Å². The molecule has 1 aliphatic heterocycles. The fourth-order valence-corrected chi connectivity index (χ4v) is 3.32. The molecule has 4 heterocycles. The highest BCUT2D eigenvalue weighted by molar-refractivity contribution is 6.05. The van der Waals surface area contributed by atoms with E-state index < -0.39 is 6.09 Å². The molecule has 4 rings (SSSR count). The number of hydrogen-bond acceptors (Lipinski definition) is 6. The maximum atomic E-state index is 11.5. The molecule has 1 saturated heterocycles. The summed E-state index contributed by atoms with van der Waals surface area (Å²) in [6, 6.07) is 1.98. The van der Waals surface area contributed by atoms with Crippen LogP contribution in [0.4, 0.5) is 4.79 Å². The maximum Gasteiger partial charge on any atom is 0.426 e. The van der Waals surface area contributed by atoms with Gasteiger partial charge in [0.25, 0.3) is 0 Å². The van der Waals surface area contributed by atoms with E-state index in [1.165, 1.54) is 0 Å². The first-order chi connectivity index (χ1) is 11.8. The number of nitrogens with one attached hydrogen (secondary N) is 2. The second-order valence-corrected chi connectivity index (χ2v) is 5.91. The van der Waals surface area contributed by atoms with Gasteiger partial charge in [-0.1, -0.05) is 0 Å². The standard InChI is InChI=1S/C16H18N6O2/c1-17-16(23)24-22-6-2-3-10(9-22)14-13-11(8-20-21-14)7-19-15-12(13)4-5-18-15/h4-5,7-8,10,21H,2-3,6,9H2,1H3,(H,17,23). The van der Waals surface area contributed by atoms with Crippen molar-refractivity contribution in [3.8, 4) is 0 Å². The fraction of sp³-hybridized carbons (Fsp3) is 0.375. The first-order valence-corrected chi connectivity index (χ1v) is 7.97. The van der Waals surface area contributed by atoms with E-state index in [1.807, 2.05) is 6.07 Å². The Kier molecular flexibility index (Phi) is 3.73. The van der Waals surface area contributed by atoms with Crippen LogP contribution in [0, 0.1) is 0 Å². The molecule has 3 aromatic heterocycles. The number of hydroxylamine groups is 2. The third kappa shape index (κ3) is 2.54.